The highest BCUT2D eigenvalue weighted by Crippen LogP contribution is 2.43. The van der Waals surface area contributed by atoms with Gasteiger partial charge in [0, 0.05) is 61.2 Å². The van der Waals surface area contributed by atoms with Crippen molar-refractivity contribution in [1.82, 2.24) is 20.2 Å². The molecule has 0 radical (unpaired) electrons. The van der Waals surface area contributed by atoms with E-state index in [0.717, 1.165) is 76.0 Å². The van der Waals surface area contributed by atoms with Gasteiger partial charge >= 0.3 is 6.01 Å². The molecule has 2 unspecified atom stereocenters. The summed E-state index contributed by atoms with van der Waals surface area (Å²) in [5, 5.41) is 16.5. The van der Waals surface area contributed by atoms with E-state index in [9.17, 15) is 5.11 Å². The smallest absolute Gasteiger partial charge is 0.319 e. The first-order chi connectivity index (χ1) is 20.4. The largest absolute Gasteiger partial charge is 0.508 e. The molecule has 4 fully saturated rings. The van der Waals surface area contributed by atoms with Gasteiger partial charge in [-0.05, 0) is 53.8 Å². The van der Waals surface area contributed by atoms with Crippen molar-refractivity contribution in [3.63, 3.8) is 0 Å². The number of anilines is 1. The van der Waals surface area contributed by atoms with E-state index in [-0.39, 0.29) is 27.9 Å². The molecule has 1 spiro atoms. The number of fused-ring (bicyclic) bond motifs is 4. The molecule has 42 heavy (non-hydrogen) atoms. The third-order valence-corrected chi connectivity index (χ3v) is 9.56. The predicted octanol–water partition coefficient (Wildman–Crippen LogP) is 4.99. The van der Waals surface area contributed by atoms with Crippen molar-refractivity contribution in [2.45, 2.75) is 31.3 Å². The average Bonchev–Trinajstić information content (AvgIpc) is 3.27. The number of ether oxygens (including phenoxy) is 2. The van der Waals surface area contributed by atoms with Crippen LogP contribution in [0.5, 0.6) is 11.8 Å². The second-order valence-electron chi connectivity index (χ2n) is 12.4. The van der Waals surface area contributed by atoms with Crippen LogP contribution < -0.4 is 15.0 Å². The van der Waals surface area contributed by atoms with E-state index < -0.39 is 5.82 Å². The molecule has 8 nitrogen and oxygen atoms in total. The number of nitrogens with one attached hydrogen (secondary N) is 1. The molecule has 0 amide bonds. The van der Waals surface area contributed by atoms with Gasteiger partial charge in [-0.2, -0.15) is 9.97 Å². The molecule has 218 valence electrons. The molecular formula is C32H33ClFN5O3. The number of hydrogen-bond donors (Lipinski definition) is 2. The maximum Gasteiger partial charge on any atom is 0.319 e. The molecule has 8 rings (SSSR count). The Bertz CT molecular complexity index is 1680. The van der Waals surface area contributed by atoms with Crippen LogP contribution in [0.4, 0.5) is 10.2 Å². The van der Waals surface area contributed by atoms with Crippen LogP contribution in [-0.4, -0.2) is 84.6 Å². The molecule has 3 aromatic carbocycles. The molecule has 4 aliphatic rings. The first-order valence-electron chi connectivity index (χ1n) is 14.8. The van der Waals surface area contributed by atoms with E-state index in [4.69, 9.17) is 26.1 Å². The lowest BCUT2D eigenvalue weighted by atomic mass is 9.78. The van der Waals surface area contributed by atoms with Crippen LogP contribution in [0.1, 0.15) is 19.3 Å². The van der Waals surface area contributed by atoms with Gasteiger partial charge in [-0.15, -0.1) is 0 Å². The predicted molar refractivity (Wildman–Crippen MR) is 161 cm³/mol. The third-order valence-electron chi connectivity index (χ3n) is 9.26. The summed E-state index contributed by atoms with van der Waals surface area (Å²) in [6, 6.07) is 13.5. The Kier molecular flexibility index (Phi) is 6.40. The zero-order valence-corrected chi connectivity index (χ0v) is 24.0. The van der Waals surface area contributed by atoms with Gasteiger partial charge in [0.15, 0.2) is 5.82 Å². The van der Waals surface area contributed by atoms with Crippen LogP contribution in [0, 0.1) is 11.2 Å². The highest BCUT2D eigenvalue weighted by molar-refractivity contribution is 6.35. The number of phenols is 1. The van der Waals surface area contributed by atoms with Crippen molar-refractivity contribution < 1.29 is 19.0 Å². The zero-order chi connectivity index (χ0) is 28.4. The summed E-state index contributed by atoms with van der Waals surface area (Å²) >= 11 is 6.85. The number of phenolic OH excluding ortho intramolecular Hbond substituents is 1. The van der Waals surface area contributed by atoms with Gasteiger partial charge in [0.05, 0.1) is 24.8 Å². The Morgan fingerprint density at radius 1 is 1.07 bits per heavy atom. The van der Waals surface area contributed by atoms with Crippen molar-refractivity contribution in [3.8, 4) is 22.9 Å². The minimum Gasteiger partial charge on any atom is -0.508 e. The lowest BCUT2D eigenvalue weighted by Gasteiger charge is -2.55. The van der Waals surface area contributed by atoms with E-state index in [1.807, 2.05) is 24.3 Å². The van der Waals surface area contributed by atoms with Crippen molar-refractivity contribution >= 4 is 39.1 Å². The van der Waals surface area contributed by atoms with Crippen LogP contribution in [0.2, 0.25) is 5.02 Å². The molecule has 2 bridgehead atoms. The number of benzene rings is 3. The second kappa shape index (κ2) is 10.2. The molecular weight excluding hydrogens is 557 g/mol. The Labute approximate surface area is 248 Å². The van der Waals surface area contributed by atoms with Crippen LogP contribution in [0.25, 0.3) is 32.8 Å². The number of likely N-dealkylation sites (tertiary alicyclic amines) is 1. The fourth-order valence-corrected chi connectivity index (χ4v) is 7.56. The Hall–Kier alpha value is -3.24. The lowest BCUT2D eigenvalue weighted by Crippen LogP contribution is -2.65. The van der Waals surface area contributed by atoms with Crippen molar-refractivity contribution in [1.29, 1.82) is 0 Å². The lowest BCUT2D eigenvalue weighted by molar-refractivity contribution is -0.189. The van der Waals surface area contributed by atoms with Crippen LogP contribution >= 0.6 is 11.6 Å². The maximum atomic E-state index is 16.7. The SMILES string of the molecule is Oc1cc(-c2c(Cl)cc3c(N4CC5CCC(C4)N5)nc(OCCCN4CC5(COC5)C4)nc3c2F)c2ccccc2c1. The number of hydrogen-bond acceptors (Lipinski definition) is 8. The first kappa shape index (κ1) is 26.4. The molecule has 4 saturated heterocycles. The van der Waals surface area contributed by atoms with E-state index in [1.54, 1.807) is 18.2 Å². The van der Waals surface area contributed by atoms with Crippen LogP contribution in [0.3, 0.4) is 0 Å². The summed E-state index contributed by atoms with van der Waals surface area (Å²) < 4.78 is 28.1. The van der Waals surface area contributed by atoms with Gasteiger partial charge in [0.1, 0.15) is 17.1 Å². The highest BCUT2D eigenvalue weighted by atomic mass is 35.5. The van der Waals surface area contributed by atoms with Crippen molar-refractivity contribution in [2.75, 3.05) is 57.4 Å². The Morgan fingerprint density at radius 2 is 1.86 bits per heavy atom. The number of piperazine rings is 1. The fourth-order valence-electron chi connectivity index (χ4n) is 7.27. The summed E-state index contributed by atoms with van der Waals surface area (Å²) in [7, 11) is 0. The van der Waals surface area contributed by atoms with E-state index >= 15 is 4.39 Å². The number of nitrogens with zero attached hydrogens (tertiary/aromatic N) is 4. The number of rotatable bonds is 7. The first-order valence-corrected chi connectivity index (χ1v) is 15.2. The minimum atomic E-state index is -0.548. The summed E-state index contributed by atoms with van der Waals surface area (Å²) in [6.45, 7) is 6.83. The van der Waals surface area contributed by atoms with Gasteiger partial charge in [0.2, 0.25) is 0 Å². The van der Waals surface area contributed by atoms with E-state index in [0.29, 0.717) is 40.9 Å². The van der Waals surface area contributed by atoms with Gasteiger partial charge in [-0.1, -0.05) is 35.9 Å². The van der Waals surface area contributed by atoms with Crippen molar-refractivity contribution in [3.05, 3.63) is 53.3 Å². The van der Waals surface area contributed by atoms with Gasteiger partial charge in [-0.3, -0.25) is 0 Å². The number of halogens is 2. The topological polar surface area (TPSA) is 83.0 Å². The molecule has 2 atom stereocenters. The summed E-state index contributed by atoms with van der Waals surface area (Å²) in [6.07, 6.45) is 3.05. The summed E-state index contributed by atoms with van der Waals surface area (Å²) in [5.41, 5.74) is 1.28. The normalized spacial score (nSPS) is 23.0. The fraction of sp³-hybridized carbons (Fsp3) is 0.438. The van der Waals surface area contributed by atoms with Gasteiger partial charge < -0.3 is 29.7 Å². The minimum absolute atomic E-state index is 0.0425. The van der Waals surface area contributed by atoms with E-state index in [1.165, 1.54) is 0 Å². The number of aromatic nitrogens is 2. The summed E-state index contributed by atoms with van der Waals surface area (Å²) in [4.78, 5) is 14.1. The molecule has 5 heterocycles. The van der Waals surface area contributed by atoms with Gasteiger partial charge in [0.25, 0.3) is 0 Å². The highest BCUT2D eigenvalue weighted by Gasteiger charge is 2.48. The molecule has 0 aliphatic carbocycles. The second-order valence-corrected chi connectivity index (χ2v) is 12.8. The van der Waals surface area contributed by atoms with Crippen molar-refractivity contribution in [2.24, 2.45) is 5.41 Å². The Balaban J connectivity index is 1.16. The quantitative estimate of drug-likeness (QED) is 0.292. The third kappa shape index (κ3) is 4.54. The molecule has 4 aromatic rings. The molecule has 2 N–H and O–H groups in total. The maximum absolute atomic E-state index is 16.7. The monoisotopic (exact) mass is 589 g/mol. The average molecular weight is 590 g/mol. The number of aromatic hydroxyl groups is 1. The summed E-state index contributed by atoms with van der Waals surface area (Å²) in [5.74, 6) is 0.144. The Morgan fingerprint density at radius 3 is 2.62 bits per heavy atom. The van der Waals surface area contributed by atoms with E-state index in [2.05, 4.69) is 20.1 Å². The molecule has 10 heteroatoms. The standard InChI is InChI=1S/C32H33ClFN5O3/c33-26-12-25-29(28(34)27(26)24-11-22(40)10-19-4-1-2-5-23(19)24)36-31(37-30(25)39-13-20-6-7-21(14-39)35-20)42-9-3-8-38-15-32(16-38)17-41-18-32/h1-2,4-5,10-12,20-21,35,40H,3,6-9,13-18H2. The molecule has 4 aliphatic heterocycles. The molecule has 1 aromatic heterocycles. The zero-order valence-electron chi connectivity index (χ0n) is 23.3. The van der Waals surface area contributed by atoms with Gasteiger partial charge in [-0.25, -0.2) is 4.39 Å². The van der Waals surface area contributed by atoms with Crippen LogP contribution in [-0.2, 0) is 4.74 Å². The van der Waals surface area contributed by atoms with Crippen LogP contribution in [0.15, 0.2) is 42.5 Å². The molecule has 0 saturated carbocycles.